The number of aryl methyl sites for hydroxylation is 1. The summed E-state index contributed by atoms with van der Waals surface area (Å²) < 4.78 is 10.1. The fraction of sp³-hybridized carbons (Fsp3) is 0.636. The van der Waals surface area contributed by atoms with Crippen LogP contribution in [0.25, 0.3) is 0 Å². The fourth-order valence-electron chi connectivity index (χ4n) is 1.18. The molecule has 1 aromatic heterocycles. The molecule has 0 atom stereocenters. The van der Waals surface area contributed by atoms with Gasteiger partial charge in [0.05, 0.1) is 25.3 Å². The van der Waals surface area contributed by atoms with E-state index in [1.807, 2.05) is 12.3 Å². The maximum absolute atomic E-state index is 11.1. The molecular formula is C11H17NO3S. The smallest absolute Gasteiger partial charge is 0.306 e. The van der Waals surface area contributed by atoms with E-state index in [0.29, 0.717) is 32.7 Å². The topological polar surface area (TPSA) is 48.4 Å². The van der Waals surface area contributed by atoms with Crippen LogP contribution >= 0.6 is 11.3 Å². The molecular weight excluding hydrogens is 226 g/mol. The van der Waals surface area contributed by atoms with E-state index in [4.69, 9.17) is 9.47 Å². The molecule has 0 aliphatic carbocycles. The SMILES string of the molecule is CCOCc1nc(CCC(=O)OCC)cs1. The molecule has 0 radical (unpaired) electrons. The highest BCUT2D eigenvalue weighted by atomic mass is 32.1. The van der Waals surface area contributed by atoms with Crippen LogP contribution in [0.1, 0.15) is 31.0 Å². The highest BCUT2D eigenvalue weighted by molar-refractivity contribution is 7.09. The van der Waals surface area contributed by atoms with E-state index < -0.39 is 0 Å². The Bertz CT molecular complexity index is 325. The summed E-state index contributed by atoms with van der Waals surface area (Å²) in [7, 11) is 0. The third-order valence-corrected chi connectivity index (χ3v) is 2.79. The average Bonchev–Trinajstić information content (AvgIpc) is 2.72. The van der Waals surface area contributed by atoms with Crippen LogP contribution in [0.15, 0.2) is 5.38 Å². The van der Waals surface area contributed by atoms with Gasteiger partial charge in [-0.15, -0.1) is 11.3 Å². The van der Waals surface area contributed by atoms with Crippen molar-refractivity contribution in [1.29, 1.82) is 0 Å². The molecule has 90 valence electrons. The number of hydrogen-bond acceptors (Lipinski definition) is 5. The van der Waals surface area contributed by atoms with E-state index in [1.54, 1.807) is 18.3 Å². The predicted molar refractivity (Wildman–Crippen MR) is 62.4 cm³/mol. The number of carbonyl (C=O) groups excluding carboxylic acids is 1. The van der Waals surface area contributed by atoms with Gasteiger partial charge in [-0.3, -0.25) is 4.79 Å². The largest absolute Gasteiger partial charge is 0.466 e. The zero-order chi connectivity index (χ0) is 11.8. The van der Waals surface area contributed by atoms with Crippen LogP contribution in [-0.2, 0) is 27.3 Å². The van der Waals surface area contributed by atoms with E-state index in [9.17, 15) is 4.79 Å². The highest BCUT2D eigenvalue weighted by Gasteiger charge is 2.06. The molecule has 1 heterocycles. The third kappa shape index (κ3) is 4.72. The van der Waals surface area contributed by atoms with Crippen molar-refractivity contribution in [2.24, 2.45) is 0 Å². The molecule has 16 heavy (non-hydrogen) atoms. The van der Waals surface area contributed by atoms with Crippen molar-refractivity contribution in [1.82, 2.24) is 4.98 Å². The van der Waals surface area contributed by atoms with Gasteiger partial charge in [-0.05, 0) is 13.8 Å². The van der Waals surface area contributed by atoms with Gasteiger partial charge in [0.2, 0.25) is 0 Å². The van der Waals surface area contributed by atoms with Crippen LogP contribution in [0.5, 0.6) is 0 Å². The van der Waals surface area contributed by atoms with Crippen LogP contribution in [0.4, 0.5) is 0 Å². The monoisotopic (exact) mass is 243 g/mol. The summed E-state index contributed by atoms with van der Waals surface area (Å²) in [5, 5.41) is 2.92. The van der Waals surface area contributed by atoms with Crippen molar-refractivity contribution in [3.63, 3.8) is 0 Å². The standard InChI is InChI=1S/C11H17NO3S/c1-3-14-7-10-12-9(8-16-10)5-6-11(13)15-4-2/h8H,3-7H2,1-2H3. The van der Waals surface area contributed by atoms with E-state index in [0.717, 1.165) is 10.7 Å². The lowest BCUT2D eigenvalue weighted by Gasteiger charge is -1.99. The van der Waals surface area contributed by atoms with Crippen molar-refractivity contribution < 1.29 is 14.3 Å². The molecule has 1 rings (SSSR count). The van der Waals surface area contributed by atoms with E-state index in [1.165, 1.54) is 0 Å². The van der Waals surface area contributed by atoms with Gasteiger partial charge in [0, 0.05) is 18.4 Å². The first-order valence-electron chi connectivity index (χ1n) is 5.42. The second-order valence-corrected chi connectivity index (χ2v) is 4.12. The second-order valence-electron chi connectivity index (χ2n) is 3.17. The van der Waals surface area contributed by atoms with E-state index >= 15 is 0 Å². The molecule has 0 fully saturated rings. The molecule has 0 aliphatic rings. The summed E-state index contributed by atoms with van der Waals surface area (Å²) >= 11 is 1.57. The Hall–Kier alpha value is -0.940. The first-order valence-corrected chi connectivity index (χ1v) is 6.30. The Kier molecular flexibility index (Phi) is 6.03. The van der Waals surface area contributed by atoms with Crippen molar-refractivity contribution in [3.8, 4) is 0 Å². The Labute approximate surface area is 99.6 Å². The Balaban J connectivity index is 2.31. The van der Waals surface area contributed by atoms with Crippen LogP contribution in [0.2, 0.25) is 0 Å². The maximum atomic E-state index is 11.1. The number of hydrogen-bond donors (Lipinski definition) is 0. The van der Waals surface area contributed by atoms with Gasteiger partial charge in [0.15, 0.2) is 0 Å². The highest BCUT2D eigenvalue weighted by Crippen LogP contribution is 2.12. The van der Waals surface area contributed by atoms with Crippen molar-refractivity contribution in [2.45, 2.75) is 33.3 Å². The molecule has 4 nitrogen and oxygen atoms in total. The Morgan fingerprint density at radius 1 is 1.44 bits per heavy atom. The van der Waals surface area contributed by atoms with Crippen LogP contribution in [0, 0.1) is 0 Å². The number of carbonyl (C=O) groups is 1. The van der Waals surface area contributed by atoms with Gasteiger partial charge in [0.25, 0.3) is 0 Å². The number of thiazole rings is 1. The van der Waals surface area contributed by atoms with Gasteiger partial charge < -0.3 is 9.47 Å². The molecule has 0 N–H and O–H groups in total. The lowest BCUT2D eigenvalue weighted by atomic mass is 10.2. The molecule has 0 saturated carbocycles. The summed E-state index contributed by atoms with van der Waals surface area (Å²) in [5.74, 6) is -0.165. The van der Waals surface area contributed by atoms with Crippen LogP contribution in [-0.4, -0.2) is 24.2 Å². The molecule has 0 spiro atoms. The molecule has 5 heteroatoms. The fourth-order valence-corrected chi connectivity index (χ4v) is 1.95. The van der Waals surface area contributed by atoms with Gasteiger partial charge in [-0.2, -0.15) is 0 Å². The zero-order valence-corrected chi connectivity index (χ0v) is 10.5. The molecule has 0 saturated heterocycles. The molecule has 1 aromatic rings. The second kappa shape index (κ2) is 7.35. The molecule has 0 aliphatic heterocycles. The van der Waals surface area contributed by atoms with Gasteiger partial charge in [-0.1, -0.05) is 0 Å². The first-order chi connectivity index (χ1) is 7.76. The number of aromatic nitrogens is 1. The van der Waals surface area contributed by atoms with E-state index in [-0.39, 0.29) is 5.97 Å². The van der Waals surface area contributed by atoms with Crippen molar-refractivity contribution in [2.75, 3.05) is 13.2 Å². The van der Waals surface area contributed by atoms with Crippen LogP contribution < -0.4 is 0 Å². The molecule has 0 aromatic carbocycles. The van der Waals surface area contributed by atoms with Gasteiger partial charge in [0.1, 0.15) is 5.01 Å². The van der Waals surface area contributed by atoms with Crippen LogP contribution in [0.3, 0.4) is 0 Å². The summed E-state index contributed by atoms with van der Waals surface area (Å²) in [6, 6.07) is 0. The van der Waals surface area contributed by atoms with Gasteiger partial charge in [-0.25, -0.2) is 4.98 Å². The van der Waals surface area contributed by atoms with E-state index in [2.05, 4.69) is 4.98 Å². The average molecular weight is 243 g/mol. The minimum atomic E-state index is -0.165. The number of rotatable bonds is 7. The number of esters is 1. The Morgan fingerprint density at radius 3 is 2.94 bits per heavy atom. The quantitative estimate of drug-likeness (QED) is 0.689. The Morgan fingerprint density at radius 2 is 2.25 bits per heavy atom. The van der Waals surface area contributed by atoms with Gasteiger partial charge >= 0.3 is 5.97 Å². The summed E-state index contributed by atoms with van der Waals surface area (Å²) in [6.45, 7) is 5.44. The maximum Gasteiger partial charge on any atom is 0.306 e. The number of ether oxygens (including phenoxy) is 2. The van der Waals surface area contributed by atoms with Crippen molar-refractivity contribution in [3.05, 3.63) is 16.1 Å². The molecule has 0 amide bonds. The normalized spacial score (nSPS) is 10.4. The van der Waals surface area contributed by atoms with Crippen molar-refractivity contribution >= 4 is 17.3 Å². The summed E-state index contributed by atoms with van der Waals surface area (Å²) in [5.41, 5.74) is 0.938. The molecule has 0 unspecified atom stereocenters. The third-order valence-electron chi connectivity index (χ3n) is 1.92. The minimum absolute atomic E-state index is 0.165. The summed E-state index contributed by atoms with van der Waals surface area (Å²) in [6.07, 6.45) is 1.03. The predicted octanol–water partition coefficient (Wildman–Crippen LogP) is 2.18. The zero-order valence-electron chi connectivity index (χ0n) is 9.69. The minimum Gasteiger partial charge on any atom is -0.466 e. The first kappa shape index (κ1) is 13.1. The number of nitrogens with zero attached hydrogens (tertiary/aromatic N) is 1. The molecule has 0 bridgehead atoms. The summed E-state index contributed by atoms with van der Waals surface area (Å²) in [4.78, 5) is 15.5. The lowest BCUT2D eigenvalue weighted by molar-refractivity contribution is -0.143. The lowest BCUT2D eigenvalue weighted by Crippen LogP contribution is -2.05.